The van der Waals surface area contributed by atoms with Gasteiger partial charge in [0, 0.05) is 25.4 Å². The molecule has 0 unspecified atom stereocenters. The number of alkyl halides is 3. The summed E-state index contributed by atoms with van der Waals surface area (Å²) in [6, 6.07) is 1.16. The Kier molecular flexibility index (Phi) is 4.55. The Morgan fingerprint density at radius 1 is 1.46 bits per heavy atom. The van der Waals surface area contributed by atoms with Crippen molar-refractivity contribution in [3.05, 3.63) is 46.0 Å². The van der Waals surface area contributed by atoms with Crippen LogP contribution in [-0.4, -0.2) is 25.5 Å². The monoisotopic (exact) mass is 344 g/mol. The standard InChI is InChI=1S/C13H11F3N4O4/c1-7(22)18-9-4-8(13(14,15)16)10(5-11(9)20(23)24)19-3-2-17-12(19)6-21/h2-5,21H,6H2,1H3,(H,18,22). The number of rotatable bonds is 4. The van der Waals surface area contributed by atoms with Crippen LogP contribution in [0.4, 0.5) is 24.5 Å². The molecule has 128 valence electrons. The Hall–Kier alpha value is -2.95. The maximum absolute atomic E-state index is 13.3. The van der Waals surface area contributed by atoms with Crippen LogP contribution in [-0.2, 0) is 17.6 Å². The number of nitrogens with zero attached hydrogens (tertiary/aromatic N) is 3. The summed E-state index contributed by atoms with van der Waals surface area (Å²) in [5.41, 5.74) is -3.09. The largest absolute Gasteiger partial charge is 0.418 e. The minimum absolute atomic E-state index is 0.123. The molecule has 0 saturated carbocycles. The van der Waals surface area contributed by atoms with Crippen LogP contribution in [0.15, 0.2) is 24.5 Å². The Morgan fingerprint density at radius 3 is 2.62 bits per heavy atom. The molecule has 2 rings (SSSR count). The van der Waals surface area contributed by atoms with Crippen molar-refractivity contribution >= 4 is 17.3 Å². The van der Waals surface area contributed by atoms with Crippen LogP contribution < -0.4 is 5.32 Å². The highest BCUT2D eigenvalue weighted by Crippen LogP contribution is 2.40. The zero-order valence-corrected chi connectivity index (χ0v) is 12.2. The lowest BCUT2D eigenvalue weighted by molar-refractivity contribution is -0.383. The van der Waals surface area contributed by atoms with E-state index in [1.54, 1.807) is 0 Å². The average Bonchev–Trinajstić information content (AvgIpc) is 2.93. The van der Waals surface area contributed by atoms with Gasteiger partial charge in [-0.1, -0.05) is 0 Å². The summed E-state index contributed by atoms with van der Waals surface area (Å²) in [7, 11) is 0. The molecule has 0 spiro atoms. The first kappa shape index (κ1) is 17.4. The minimum atomic E-state index is -4.85. The lowest BCUT2D eigenvalue weighted by Crippen LogP contribution is -2.15. The van der Waals surface area contributed by atoms with Crippen molar-refractivity contribution in [2.45, 2.75) is 19.7 Å². The van der Waals surface area contributed by atoms with Crippen molar-refractivity contribution in [2.24, 2.45) is 0 Å². The smallest absolute Gasteiger partial charge is 0.388 e. The molecule has 1 heterocycles. The van der Waals surface area contributed by atoms with Crippen LogP contribution in [0.25, 0.3) is 5.69 Å². The molecule has 0 bridgehead atoms. The number of benzene rings is 1. The number of aliphatic hydroxyl groups excluding tert-OH is 1. The quantitative estimate of drug-likeness (QED) is 0.653. The molecule has 0 aliphatic heterocycles. The van der Waals surface area contributed by atoms with Crippen molar-refractivity contribution in [1.82, 2.24) is 9.55 Å². The Labute approximate surface area is 132 Å². The average molecular weight is 344 g/mol. The number of nitrogens with one attached hydrogen (secondary N) is 1. The van der Waals surface area contributed by atoms with Crippen LogP contribution in [0.2, 0.25) is 0 Å². The number of amides is 1. The lowest BCUT2D eigenvalue weighted by Gasteiger charge is -2.17. The van der Waals surface area contributed by atoms with E-state index in [1.807, 2.05) is 5.32 Å². The summed E-state index contributed by atoms with van der Waals surface area (Å²) in [5.74, 6) is -0.875. The summed E-state index contributed by atoms with van der Waals surface area (Å²) in [6.45, 7) is 0.357. The van der Waals surface area contributed by atoms with E-state index in [1.165, 1.54) is 0 Å². The third-order valence-corrected chi connectivity index (χ3v) is 3.05. The highest BCUT2D eigenvalue weighted by molar-refractivity contribution is 5.92. The van der Waals surface area contributed by atoms with E-state index in [0.29, 0.717) is 12.1 Å². The molecule has 24 heavy (non-hydrogen) atoms. The van der Waals surface area contributed by atoms with Crippen molar-refractivity contribution in [1.29, 1.82) is 0 Å². The van der Waals surface area contributed by atoms with Crippen molar-refractivity contribution in [2.75, 3.05) is 5.32 Å². The lowest BCUT2D eigenvalue weighted by atomic mass is 10.1. The predicted molar refractivity (Wildman–Crippen MR) is 75.4 cm³/mol. The van der Waals surface area contributed by atoms with E-state index in [2.05, 4.69) is 4.98 Å². The van der Waals surface area contributed by atoms with Gasteiger partial charge in [-0.05, 0) is 6.07 Å². The van der Waals surface area contributed by atoms with E-state index in [0.717, 1.165) is 23.9 Å². The molecule has 11 heteroatoms. The molecule has 2 N–H and O–H groups in total. The Bertz CT molecular complexity index is 801. The third kappa shape index (κ3) is 3.35. The van der Waals surface area contributed by atoms with Gasteiger partial charge in [-0.25, -0.2) is 4.98 Å². The Balaban J connectivity index is 2.80. The molecule has 1 aromatic heterocycles. The number of anilines is 1. The molecule has 1 amide bonds. The van der Waals surface area contributed by atoms with Gasteiger partial charge in [0.2, 0.25) is 5.91 Å². The molecule has 0 aliphatic carbocycles. The first-order valence-corrected chi connectivity index (χ1v) is 6.45. The van der Waals surface area contributed by atoms with E-state index in [9.17, 15) is 28.1 Å². The predicted octanol–water partition coefficient (Wildman–Crippen LogP) is 2.25. The van der Waals surface area contributed by atoms with E-state index in [-0.39, 0.29) is 5.82 Å². The summed E-state index contributed by atoms with van der Waals surface area (Å²) in [6.07, 6.45) is -2.56. The number of carbonyl (C=O) groups excluding carboxylic acids is 1. The van der Waals surface area contributed by atoms with Crippen molar-refractivity contribution in [3.63, 3.8) is 0 Å². The number of nitro benzene ring substituents is 1. The number of halogens is 3. The van der Waals surface area contributed by atoms with Crippen LogP contribution >= 0.6 is 0 Å². The van der Waals surface area contributed by atoms with Crippen LogP contribution in [0, 0.1) is 10.1 Å². The molecule has 0 saturated heterocycles. The molecule has 2 aromatic rings. The zero-order valence-electron chi connectivity index (χ0n) is 12.2. The van der Waals surface area contributed by atoms with Crippen LogP contribution in [0.3, 0.4) is 0 Å². The third-order valence-electron chi connectivity index (χ3n) is 3.05. The van der Waals surface area contributed by atoms with Gasteiger partial charge in [0.05, 0.1) is 16.2 Å². The number of aliphatic hydroxyl groups is 1. The van der Waals surface area contributed by atoms with Gasteiger partial charge in [-0.2, -0.15) is 13.2 Å². The second-order valence-electron chi connectivity index (χ2n) is 4.69. The maximum atomic E-state index is 13.3. The Morgan fingerprint density at radius 2 is 2.12 bits per heavy atom. The van der Waals surface area contributed by atoms with Gasteiger partial charge in [-0.15, -0.1) is 0 Å². The molecule has 1 aromatic carbocycles. The molecule has 0 atom stereocenters. The number of aromatic nitrogens is 2. The second kappa shape index (κ2) is 6.28. The molecular weight excluding hydrogens is 333 g/mol. The van der Waals surface area contributed by atoms with Crippen molar-refractivity contribution < 1.29 is 28.0 Å². The highest BCUT2D eigenvalue weighted by Gasteiger charge is 2.37. The van der Waals surface area contributed by atoms with Crippen molar-refractivity contribution in [3.8, 4) is 5.69 Å². The number of hydrogen-bond donors (Lipinski definition) is 2. The number of hydrogen-bond acceptors (Lipinski definition) is 5. The first-order valence-electron chi connectivity index (χ1n) is 6.45. The fourth-order valence-corrected chi connectivity index (χ4v) is 2.12. The first-order chi connectivity index (χ1) is 11.1. The van der Waals surface area contributed by atoms with Crippen LogP contribution in [0.5, 0.6) is 0 Å². The summed E-state index contributed by atoms with van der Waals surface area (Å²) >= 11 is 0. The molecule has 0 aliphatic rings. The number of nitro groups is 1. The second-order valence-corrected chi connectivity index (χ2v) is 4.69. The van der Waals surface area contributed by atoms with Gasteiger partial charge in [0.15, 0.2) is 0 Å². The topological polar surface area (TPSA) is 110 Å². The van der Waals surface area contributed by atoms with Gasteiger partial charge in [-0.3, -0.25) is 14.9 Å². The van der Waals surface area contributed by atoms with Gasteiger partial charge in [0.1, 0.15) is 18.1 Å². The maximum Gasteiger partial charge on any atom is 0.418 e. The summed E-state index contributed by atoms with van der Waals surface area (Å²) in [5, 5.41) is 22.3. The van der Waals surface area contributed by atoms with Gasteiger partial charge >= 0.3 is 6.18 Å². The fraction of sp³-hybridized carbons (Fsp3) is 0.231. The van der Waals surface area contributed by atoms with Gasteiger partial charge in [0.25, 0.3) is 5.69 Å². The number of carbonyl (C=O) groups is 1. The van der Waals surface area contributed by atoms with E-state index >= 15 is 0 Å². The normalized spacial score (nSPS) is 11.4. The molecular formula is C13H11F3N4O4. The molecule has 0 fully saturated rings. The minimum Gasteiger partial charge on any atom is -0.388 e. The number of imidazole rings is 1. The van der Waals surface area contributed by atoms with Gasteiger partial charge < -0.3 is 15.0 Å². The molecule has 0 radical (unpaired) electrons. The zero-order chi connectivity index (χ0) is 18.1. The summed E-state index contributed by atoms with van der Waals surface area (Å²) in [4.78, 5) is 25.0. The molecule has 8 nitrogen and oxygen atoms in total. The summed E-state index contributed by atoms with van der Waals surface area (Å²) < 4.78 is 40.9. The SMILES string of the molecule is CC(=O)Nc1cc(C(F)(F)F)c(-n2ccnc2CO)cc1[N+](=O)[O-]. The van der Waals surface area contributed by atoms with E-state index in [4.69, 9.17) is 5.11 Å². The fourth-order valence-electron chi connectivity index (χ4n) is 2.12. The highest BCUT2D eigenvalue weighted by atomic mass is 19.4. The van der Waals surface area contributed by atoms with E-state index < -0.39 is 46.2 Å². The van der Waals surface area contributed by atoms with Crippen LogP contribution in [0.1, 0.15) is 18.3 Å².